The van der Waals surface area contributed by atoms with Gasteiger partial charge in [0, 0.05) is 11.9 Å². The van der Waals surface area contributed by atoms with E-state index in [0.717, 1.165) is 17.7 Å². The Balaban J connectivity index is 1.82. The number of furan rings is 1. The molecular formula is C21H22N4O4S2. The highest BCUT2D eigenvalue weighted by Crippen LogP contribution is 2.43. The van der Waals surface area contributed by atoms with Gasteiger partial charge in [0.15, 0.2) is 5.11 Å². The lowest BCUT2D eigenvalue weighted by Gasteiger charge is -2.27. The van der Waals surface area contributed by atoms with Crippen LogP contribution in [-0.4, -0.2) is 31.9 Å². The average Bonchev–Trinajstić information content (AvgIpc) is 3.30. The van der Waals surface area contributed by atoms with Gasteiger partial charge in [0.25, 0.3) is 0 Å². The number of hydrogen-bond acceptors (Lipinski definition) is 6. The summed E-state index contributed by atoms with van der Waals surface area (Å²) in [5.74, 6) is 1.90. The molecule has 1 aliphatic heterocycles. The first-order valence-corrected chi connectivity index (χ1v) is 11.8. The van der Waals surface area contributed by atoms with Gasteiger partial charge in [-0.05, 0) is 61.6 Å². The summed E-state index contributed by atoms with van der Waals surface area (Å²) in [6.45, 7) is 1.88. The van der Waals surface area contributed by atoms with E-state index in [9.17, 15) is 8.42 Å². The minimum absolute atomic E-state index is 0.257. The predicted octanol–water partition coefficient (Wildman–Crippen LogP) is 3.54. The summed E-state index contributed by atoms with van der Waals surface area (Å²) in [4.78, 5) is 6.40. The predicted molar refractivity (Wildman–Crippen MR) is 123 cm³/mol. The molecule has 0 aliphatic carbocycles. The average molecular weight is 459 g/mol. The Morgan fingerprint density at radius 1 is 1.23 bits per heavy atom. The molecule has 0 saturated carbocycles. The lowest BCUT2D eigenvalue weighted by atomic mass is 10.0. The summed E-state index contributed by atoms with van der Waals surface area (Å²) >= 11 is 5.67. The first-order chi connectivity index (χ1) is 14.8. The number of sulfonamides is 1. The summed E-state index contributed by atoms with van der Waals surface area (Å²) in [5, 5.41) is 3.81. The zero-order valence-electron chi connectivity index (χ0n) is 17.2. The van der Waals surface area contributed by atoms with Crippen molar-refractivity contribution < 1.29 is 17.6 Å². The van der Waals surface area contributed by atoms with Crippen molar-refractivity contribution in [3.05, 3.63) is 71.9 Å². The molecule has 3 aromatic rings. The minimum atomic E-state index is -3.51. The van der Waals surface area contributed by atoms with E-state index in [4.69, 9.17) is 21.4 Å². The van der Waals surface area contributed by atoms with Gasteiger partial charge in [-0.3, -0.25) is 9.71 Å². The van der Waals surface area contributed by atoms with Crippen LogP contribution in [0, 0.1) is 6.92 Å². The van der Waals surface area contributed by atoms with Gasteiger partial charge in [0.1, 0.15) is 23.3 Å². The van der Waals surface area contributed by atoms with Crippen LogP contribution < -0.4 is 19.7 Å². The highest BCUT2D eigenvalue weighted by Gasteiger charge is 2.42. The van der Waals surface area contributed by atoms with Crippen LogP contribution in [0.5, 0.6) is 5.75 Å². The number of ether oxygens (including phenoxy) is 1. The molecule has 0 radical (unpaired) electrons. The normalized spacial score (nSPS) is 18.7. The summed E-state index contributed by atoms with van der Waals surface area (Å²) in [6.07, 6.45) is 2.82. The van der Waals surface area contributed by atoms with E-state index in [1.807, 2.05) is 48.2 Å². The van der Waals surface area contributed by atoms with E-state index in [1.54, 1.807) is 18.3 Å². The Bertz CT molecular complexity index is 1210. The molecule has 2 atom stereocenters. The number of nitrogens with one attached hydrogen (secondary N) is 2. The molecule has 1 fully saturated rings. The monoisotopic (exact) mass is 458 g/mol. The summed E-state index contributed by atoms with van der Waals surface area (Å²) < 4.78 is 37.5. The summed E-state index contributed by atoms with van der Waals surface area (Å²) in [5.41, 5.74) is 1.82. The van der Waals surface area contributed by atoms with E-state index in [0.29, 0.717) is 28.0 Å². The van der Waals surface area contributed by atoms with Crippen molar-refractivity contribution in [2.75, 3.05) is 23.0 Å². The lowest BCUT2D eigenvalue weighted by Crippen LogP contribution is -2.29. The number of anilines is 2. The van der Waals surface area contributed by atoms with Crippen molar-refractivity contribution in [3.8, 4) is 5.75 Å². The molecule has 4 rings (SSSR count). The fourth-order valence-corrected chi connectivity index (χ4v) is 4.56. The third-order valence-corrected chi connectivity index (χ3v) is 5.81. The molecule has 3 heterocycles. The van der Waals surface area contributed by atoms with Crippen molar-refractivity contribution in [3.63, 3.8) is 0 Å². The molecule has 31 heavy (non-hydrogen) atoms. The van der Waals surface area contributed by atoms with Gasteiger partial charge in [0.2, 0.25) is 10.0 Å². The quantitative estimate of drug-likeness (QED) is 0.542. The molecule has 8 nitrogen and oxygen atoms in total. The van der Waals surface area contributed by atoms with Crippen molar-refractivity contribution in [2.45, 2.75) is 19.0 Å². The maximum Gasteiger partial charge on any atom is 0.229 e. The Morgan fingerprint density at radius 3 is 2.65 bits per heavy atom. The van der Waals surface area contributed by atoms with Gasteiger partial charge in [-0.15, -0.1) is 0 Å². The van der Waals surface area contributed by atoms with Gasteiger partial charge < -0.3 is 19.4 Å². The van der Waals surface area contributed by atoms with Crippen molar-refractivity contribution in [1.29, 1.82) is 0 Å². The fraction of sp³-hybridized carbons (Fsp3) is 0.238. The van der Waals surface area contributed by atoms with Gasteiger partial charge >= 0.3 is 0 Å². The van der Waals surface area contributed by atoms with E-state index in [2.05, 4.69) is 15.0 Å². The molecule has 0 amide bonds. The summed E-state index contributed by atoms with van der Waals surface area (Å²) in [7, 11) is -2.02. The SMILES string of the molecule is COc1ccc(N2C(=S)NC(c3ccccn3)C2c2ccc(C)o2)cc1NS(C)(=O)=O. The number of benzene rings is 1. The topological polar surface area (TPSA) is 96.7 Å². The van der Waals surface area contributed by atoms with E-state index in [1.165, 1.54) is 7.11 Å². The Morgan fingerprint density at radius 2 is 2.03 bits per heavy atom. The van der Waals surface area contributed by atoms with Crippen LogP contribution in [0.1, 0.15) is 29.3 Å². The van der Waals surface area contributed by atoms with Crippen LogP contribution in [0.3, 0.4) is 0 Å². The standard InChI is InChI=1S/C21H22N4O4S2/c1-13-7-9-18(29-13)20-19(15-6-4-5-11-22-15)23-21(30)25(20)14-8-10-17(28-2)16(12-14)24-31(3,26)27/h4-12,19-20,24H,1-3H3,(H,23,30). The maximum atomic E-state index is 11.8. The number of thiocarbonyl (C=S) groups is 1. The first kappa shape index (κ1) is 21.1. The smallest absolute Gasteiger partial charge is 0.229 e. The van der Waals surface area contributed by atoms with Crippen molar-refractivity contribution >= 4 is 38.7 Å². The zero-order valence-corrected chi connectivity index (χ0v) is 18.8. The largest absolute Gasteiger partial charge is 0.495 e. The molecular weight excluding hydrogens is 436 g/mol. The molecule has 1 saturated heterocycles. The Hall–Kier alpha value is -3.11. The third-order valence-electron chi connectivity index (χ3n) is 4.91. The van der Waals surface area contributed by atoms with Crippen molar-refractivity contribution in [2.24, 2.45) is 0 Å². The second kappa shape index (κ2) is 8.20. The van der Waals surface area contributed by atoms with Gasteiger partial charge in [-0.1, -0.05) is 6.07 Å². The van der Waals surface area contributed by atoms with Crippen molar-refractivity contribution in [1.82, 2.24) is 10.3 Å². The maximum absolute atomic E-state index is 11.8. The van der Waals surface area contributed by atoms with Crippen LogP contribution >= 0.6 is 12.2 Å². The molecule has 1 aromatic carbocycles. The summed E-state index contributed by atoms with van der Waals surface area (Å²) in [6, 6.07) is 14.1. The molecule has 2 aromatic heterocycles. The minimum Gasteiger partial charge on any atom is -0.495 e. The number of rotatable bonds is 6. The van der Waals surface area contributed by atoms with E-state index < -0.39 is 10.0 Å². The molecule has 0 spiro atoms. The molecule has 10 heteroatoms. The molecule has 1 aliphatic rings. The second-order valence-corrected chi connectivity index (χ2v) is 9.34. The van der Waals surface area contributed by atoms with Crippen LogP contribution in [0.15, 0.2) is 59.1 Å². The number of methoxy groups -OCH3 is 1. The Kier molecular flexibility index (Phi) is 5.59. The fourth-order valence-electron chi connectivity index (χ4n) is 3.66. The first-order valence-electron chi connectivity index (χ1n) is 9.49. The number of aryl methyl sites for hydroxylation is 1. The van der Waals surface area contributed by atoms with Gasteiger partial charge in [-0.2, -0.15) is 0 Å². The molecule has 0 bridgehead atoms. The second-order valence-electron chi connectivity index (χ2n) is 7.20. The number of hydrogen-bond donors (Lipinski definition) is 2. The Labute approximate surface area is 186 Å². The van der Waals surface area contributed by atoms with E-state index >= 15 is 0 Å². The van der Waals surface area contributed by atoms with Crippen LogP contribution in [-0.2, 0) is 10.0 Å². The third kappa shape index (κ3) is 4.35. The van der Waals surface area contributed by atoms with Crippen LogP contribution in [0.4, 0.5) is 11.4 Å². The highest BCUT2D eigenvalue weighted by atomic mass is 32.2. The van der Waals surface area contributed by atoms with Crippen LogP contribution in [0.2, 0.25) is 0 Å². The van der Waals surface area contributed by atoms with E-state index in [-0.39, 0.29) is 12.1 Å². The van der Waals surface area contributed by atoms with Crippen LogP contribution in [0.25, 0.3) is 0 Å². The highest BCUT2D eigenvalue weighted by molar-refractivity contribution is 7.92. The lowest BCUT2D eigenvalue weighted by molar-refractivity contribution is 0.415. The number of pyridine rings is 1. The molecule has 162 valence electrons. The van der Waals surface area contributed by atoms with Gasteiger partial charge in [-0.25, -0.2) is 8.42 Å². The number of nitrogens with zero attached hydrogens (tertiary/aromatic N) is 2. The molecule has 2 N–H and O–H groups in total. The zero-order chi connectivity index (χ0) is 22.2. The molecule has 2 unspecified atom stereocenters. The van der Waals surface area contributed by atoms with Gasteiger partial charge in [0.05, 0.1) is 30.8 Å². The number of aromatic nitrogens is 1.